The average Bonchev–Trinajstić information content (AvgIpc) is 3.16. The van der Waals surface area contributed by atoms with Crippen LogP contribution >= 0.6 is 0 Å². The maximum absolute atomic E-state index is 12.3. The van der Waals surface area contributed by atoms with Crippen LogP contribution in [0.2, 0.25) is 0 Å². The summed E-state index contributed by atoms with van der Waals surface area (Å²) >= 11 is 0. The summed E-state index contributed by atoms with van der Waals surface area (Å²) < 4.78 is 36.9. The predicted molar refractivity (Wildman–Crippen MR) is 105 cm³/mol. The molecule has 9 heteroatoms. The molecule has 0 aliphatic carbocycles. The third kappa shape index (κ3) is 5.27. The fourth-order valence-electron chi connectivity index (χ4n) is 2.44. The number of hydrogen-bond donors (Lipinski definition) is 1. The van der Waals surface area contributed by atoms with Crippen molar-refractivity contribution >= 4 is 16.0 Å². The summed E-state index contributed by atoms with van der Waals surface area (Å²) in [4.78, 5) is 16.1. The first-order valence-corrected chi connectivity index (χ1v) is 10.3. The number of nitrogens with zero attached hydrogens (tertiary/aromatic N) is 2. The molecule has 0 atom stereocenters. The Balaban J connectivity index is 1.53. The molecule has 0 aliphatic heterocycles. The first-order chi connectivity index (χ1) is 13.7. The van der Waals surface area contributed by atoms with Crippen LogP contribution in [0.1, 0.15) is 22.6 Å². The Morgan fingerprint density at radius 1 is 1.07 bits per heavy atom. The van der Waals surface area contributed by atoms with Crippen molar-refractivity contribution in [1.82, 2.24) is 14.9 Å². The number of esters is 1. The summed E-state index contributed by atoms with van der Waals surface area (Å²) in [6, 6.07) is 12.3. The van der Waals surface area contributed by atoms with E-state index in [9.17, 15) is 13.2 Å². The molecule has 0 aliphatic rings. The van der Waals surface area contributed by atoms with Gasteiger partial charge in [0, 0.05) is 5.56 Å². The molecule has 1 N–H and O–H groups in total. The maximum atomic E-state index is 12.3. The summed E-state index contributed by atoms with van der Waals surface area (Å²) in [6.07, 6.45) is 0. The third-order valence-corrected chi connectivity index (χ3v) is 5.73. The lowest BCUT2D eigenvalue weighted by molar-refractivity contribution is -0.144. The molecule has 0 bridgehead atoms. The highest BCUT2D eigenvalue weighted by molar-refractivity contribution is 7.89. The topological polar surface area (TPSA) is 111 Å². The molecule has 0 saturated heterocycles. The SMILES string of the molecule is Cc1ccc(-c2noc(COC(=O)CNS(=O)(=O)c3ccc(C)c(C)c3)n2)cc1. The molecular weight excluding hydrogens is 394 g/mol. The van der Waals surface area contributed by atoms with Gasteiger partial charge in [0.25, 0.3) is 5.89 Å². The van der Waals surface area contributed by atoms with E-state index < -0.39 is 22.5 Å². The Kier molecular flexibility index (Phi) is 6.09. The molecule has 0 radical (unpaired) electrons. The highest BCUT2D eigenvalue weighted by Crippen LogP contribution is 2.17. The van der Waals surface area contributed by atoms with Crippen molar-refractivity contribution in [2.75, 3.05) is 6.54 Å². The monoisotopic (exact) mass is 415 g/mol. The van der Waals surface area contributed by atoms with Crippen molar-refractivity contribution < 1.29 is 22.5 Å². The second-order valence-corrected chi connectivity index (χ2v) is 8.38. The molecule has 3 rings (SSSR count). The highest BCUT2D eigenvalue weighted by atomic mass is 32.2. The van der Waals surface area contributed by atoms with Gasteiger partial charge in [-0.25, -0.2) is 8.42 Å². The van der Waals surface area contributed by atoms with Gasteiger partial charge in [0.05, 0.1) is 4.90 Å². The summed E-state index contributed by atoms with van der Waals surface area (Å²) in [7, 11) is -3.82. The van der Waals surface area contributed by atoms with Gasteiger partial charge in [0.2, 0.25) is 15.8 Å². The molecule has 8 nitrogen and oxygen atoms in total. The van der Waals surface area contributed by atoms with Gasteiger partial charge >= 0.3 is 5.97 Å². The van der Waals surface area contributed by atoms with Gasteiger partial charge in [-0.3, -0.25) is 4.79 Å². The second-order valence-electron chi connectivity index (χ2n) is 6.61. The smallest absolute Gasteiger partial charge is 0.321 e. The maximum Gasteiger partial charge on any atom is 0.321 e. The van der Waals surface area contributed by atoms with E-state index in [0.717, 1.165) is 22.3 Å². The number of aromatic nitrogens is 2. The van der Waals surface area contributed by atoms with E-state index in [-0.39, 0.29) is 17.4 Å². The number of nitrogens with one attached hydrogen (secondary N) is 1. The molecule has 29 heavy (non-hydrogen) atoms. The van der Waals surface area contributed by atoms with Crippen molar-refractivity contribution in [1.29, 1.82) is 0 Å². The van der Waals surface area contributed by atoms with Gasteiger partial charge < -0.3 is 9.26 Å². The number of carbonyl (C=O) groups is 1. The third-order valence-electron chi connectivity index (χ3n) is 4.33. The fraction of sp³-hybridized carbons (Fsp3) is 0.250. The van der Waals surface area contributed by atoms with Gasteiger partial charge in [-0.1, -0.05) is 41.1 Å². The van der Waals surface area contributed by atoms with Crippen LogP contribution in [0.15, 0.2) is 51.9 Å². The van der Waals surface area contributed by atoms with Crippen molar-refractivity contribution in [3.05, 3.63) is 65.0 Å². The first kappa shape index (κ1) is 20.7. The van der Waals surface area contributed by atoms with Crippen molar-refractivity contribution in [3.63, 3.8) is 0 Å². The minimum atomic E-state index is -3.82. The van der Waals surface area contributed by atoms with E-state index in [1.807, 2.05) is 45.0 Å². The molecule has 152 valence electrons. The molecule has 0 unspecified atom stereocenters. The Morgan fingerprint density at radius 2 is 1.79 bits per heavy atom. The van der Waals surface area contributed by atoms with Crippen molar-refractivity contribution in [2.24, 2.45) is 0 Å². The Hall–Kier alpha value is -3.04. The zero-order valence-corrected chi connectivity index (χ0v) is 17.1. The van der Waals surface area contributed by atoms with Crippen LogP contribution < -0.4 is 4.72 Å². The van der Waals surface area contributed by atoms with E-state index in [0.29, 0.717) is 5.82 Å². The number of sulfonamides is 1. The van der Waals surface area contributed by atoms with Gasteiger partial charge in [-0.05, 0) is 44.0 Å². The van der Waals surface area contributed by atoms with E-state index in [1.165, 1.54) is 6.07 Å². The van der Waals surface area contributed by atoms with E-state index in [1.54, 1.807) is 12.1 Å². The molecule has 0 fully saturated rings. The number of rotatable bonds is 7. The zero-order valence-electron chi connectivity index (χ0n) is 16.3. The largest absolute Gasteiger partial charge is 0.455 e. The molecule has 1 heterocycles. The van der Waals surface area contributed by atoms with Crippen LogP contribution in [0.25, 0.3) is 11.4 Å². The fourth-order valence-corrected chi connectivity index (χ4v) is 3.50. The Morgan fingerprint density at radius 3 is 2.48 bits per heavy atom. The van der Waals surface area contributed by atoms with Gasteiger partial charge in [-0.15, -0.1) is 0 Å². The lowest BCUT2D eigenvalue weighted by Gasteiger charge is -2.08. The second kappa shape index (κ2) is 8.54. The highest BCUT2D eigenvalue weighted by Gasteiger charge is 2.17. The first-order valence-electron chi connectivity index (χ1n) is 8.87. The van der Waals surface area contributed by atoms with Crippen molar-refractivity contribution in [2.45, 2.75) is 32.3 Å². The minimum absolute atomic E-state index is 0.0908. The molecule has 0 spiro atoms. The number of hydrogen-bond acceptors (Lipinski definition) is 7. The number of aryl methyl sites for hydroxylation is 3. The number of carbonyl (C=O) groups excluding carboxylic acids is 1. The molecular formula is C20H21N3O5S. The number of benzene rings is 2. The zero-order chi connectivity index (χ0) is 21.0. The summed E-state index contributed by atoms with van der Waals surface area (Å²) in [6.45, 7) is 4.92. The summed E-state index contributed by atoms with van der Waals surface area (Å²) in [5.74, 6) is -0.259. The molecule has 1 aromatic heterocycles. The van der Waals surface area contributed by atoms with Crippen LogP contribution in [-0.4, -0.2) is 31.1 Å². The van der Waals surface area contributed by atoms with Crippen LogP contribution in [0.4, 0.5) is 0 Å². The number of ether oxygens (including phenoxy) is 1. The lowest BCUT2D eigenvalue weighted by Crippen LogP contribution is -2.30. The minimum Gasteiger partial charge on any atom is -0.455 e. The normalized spacial score (nSPS) is 11.4. The molecule has 2 aromatic carbocycles. The molecule has 3 aromatic rings. The molecule has 0 saturated carbocycles. The average molecular weight is 415 g/mol. The van der Waals surface area contributed by atoms with Crippen LogP contribution in [0.3, 0.4) is 0 Å². The van der Waals surface area contributed by atoms with E-state index in [4.69, 9.17) is 9.26 Å². The van der Waals surface area contributed by atoms with E-state index in [2.05, 4.69) is 14.9 Å². The summed E-state index contributed by atoms with van der Waals surface area (Å²) in [5, 5.41) is 3.85. The van der Waals surface area contributed by atoms with Gasteiger partial charge in [0.1, 0.15) is 6.54 Å². The Labute approximate surface area is 169 Å². The van der Waals surface area contributed by atoms with E-state index >= 15 is 0 Å². The predicted octanol–water partition coefficient (Wildman–Crippen LogP) is 2.68. The van der Waals surface area contributed by atoms with Crippen LogP contribution in [-0.2, 0) is 26.2 Å². The standard InChI is InChI=1S/C20H21N3O5S/c1-13-4-7-16(8-5-13)20-22-18(28-23-20)12-27-19(24)11-21-29(25,26)17-9-6-14(2)15(3)10-17/h4-10,21H,11-12H2,1-3H3. The van der Waals surface area contributed by atoms with Gasteiger partial charge in [-0.2, -0.15) is 9.71 Å². The quantitative estimate of drug-likeness (QED) is 0.591. The Bertz CT molecular complexity index is 1120. The van der Waals surface area contributed by atoms with Crippen LogP contribution in [0.5, 0.6) is 0 Å². The van der Waals surface area contributed by atoms with Crippen molar-refractivity contribution in [3.8, 4) is 11.4 Å². The lowest BCUT2D eigenvalue weighted by atomic mass is 10.1. The van der Waals surface area contributed by atoms with Gasteiger partial charge in [0.15, 0.2) is 6.61 Å². The van der Waals surface area contributed by atoms with Crippen LogP contribution in [0, 0.1) is 20.8 Å². The summed E-state index contributed by atoms with van der Waals surface area (Å²) in [5.41, 5.74) is 3.71. The molecule has 0 amide bonds.